The number of aliphatic carboxylic acids is 1. The van der Waals surface area contributed by atoms with Gasteiger partial charge in [0.15, 0.2) is 0 Å². The lowest BCUT2D eigenvalue weighted by Gasteiger charge is -2.52. The quantitative estimate of drug-likeness (QED) is 0.761. The molecule has 5 heteroatoms. The molecule has 1 heterocycles. The number of carboxylic acids is 1. The molecule has 2 aliphatic rings. The number of hydrogen-bond acceptors (Lipinski definition) is 3. The van der Waals surface area contributed by atoms with Gasteiger partial charge in [-0.1, -0.05) is 0 Å². The second kappa shape index (κ2) is 3.73. The molecule has 1 aliphatic carbocycles. The van der Waals surface area contributed by atoms with Crippen LogP contribution in [0.1, 0.15) is 26.2 Å². The van der Waals surface area contributed by atoms with Crippen molar-refractivity contribution in [1.82, 2.24) is 4.90 Å². The van der Waals surface area contributed by atoms with Gasteiger partial charge in [-0.25, -0.2) is 0 Å². The van der Waals surface area contributed by atoms with Gasteiger partial charge in [0.1, 0.15) is 0 Å². The highest BCUT2D eigenvalue weighted by atomic mass is 16.5. The highest BCUT2D eigenvalue weighted by molar-refractivity contribution is 5.75. The maximum atomic E-state index is 11.3. The number of ether oxygens (including phenoxy) is 1. The first-order valence-corrected chi connectivity index (χ1v) is 5.54. The van der Waals surface area contributed by atoms with Crippen LogP contribution in [0.15, 0.2) is 0 Å². The van der Waals surface area contributed by atoms with E-state index in [2.05, 4.69) is 0 Å². The monoisotopic (exact) mass is 227 g/mol. The molecule has 0 aromatic carbocycles. The zero-order valence-corrected chi connectivity index (χ0v) is 9.60. The zero-order valence-electron chi connectivity index (χ0n) is 9.60. The molecule has 0 radical (unpaired) electrons. The second-order valence-corrected chi connectivity index (χ2v) is 4.72. The Labute approximate surface area is 94.4 Å². The number of amides is 1. The van der Waals surface area contributed by atoms with Crippen LogP contribution in [0.5, 0.6) is 0 Å². The van der Waals surface area contributed by atoms with Crippen molar-refractivity contribution in [3.05, 3.63) is 0 Å². The number of likely N-dealkylation sites (tertiary alicyclic amines) is 1. The standard InChI is InChI=1S/C11H17NO4/c1-7(13)12-4-3-8-9(12)5-11(8,16-2)6-10(14)15/h8-9H,3-6H2,1-2H3,(H,14,15)/t8-,9-,11+/m0/s1. The number of carbonyl (C=O) groups is 2. The first-order chi connectivity index (χ1) is 7.50. The molecular weight excluding hydrogens is 210 g/mol. The van der Waals surface area contributed by atoms with Crippen molar-refractivity contribution in [3.8, 4) is 0 Å². The Balaban J connectivity index is 2.08. The van der Waals surface area contributed by atoms with Crippen LogP contribution in [0.2, 0.25) is 0 Å². The normalized spacial score (nSPS) is 36.8. The second-order valence-electron chi connectivity index (χ2n) is 4.72. The molecule has 5 nitrogen and oxygen atoms in total. The van der Waals surface area contributed by atoms with Crippen LogP contribution in [0, 0.1) is 5.92 Å². The van der Waals surface area contributed by atoms with E-state index in [1.165, 1.54) is 0 Å². The molecule has 1 saturated carbocycles. The van der Waals surface area contributed by atoms with Crippen LogP contribution >= 0.6 is 0 Å². The Bertz CT molecular complexity index is 330. The lowest BCUT2D eigenvalue weighted by molar-refractivity contribution is -0.174. The van der Waals surface area contributed by atoms with E-state index < -0.39 is 11.6 Å². The predicted molar refractivity (Wildman–Crippen MR) is 55.9 cm³/mol. The van der Waals surface area contributed by atoms with Crippen molar-refractivity contribution < 1.29 is 19.4 Å². The van der Waals surface area contributed by atoms with Crippen molar-refractivity contribution in [2.75, 3.05) is 13.7 Å². The molecule has 90 valence electrons. The van der Waals surface area contributed by atoms with Crippen LogP contribution in [0.3, 0.4) is 0 Å². The van der Waals surface area contributed by atoms with E-state index in [9.17, 15) is 9.59 Å². The van der Waals surface area contributed by atoms with Gasteiger partial charge in [-0.3, -0.25) is 9.59 Å². The summed E-state index contributed by atoms with van der Waals surface area (Å²) in [5.41, 5.74) is -0.541. The molecule has 16 heavy (non-hydrogen) atoms. The Hall–Kier alpha value is -1.10. The third-order valence-electron chi connectivity index (χ3n) is 4.04. The van der Waals surface area contributed by atoms with Gasteiger partial charge >= 0.3 is 5.97 Å². The lowest BCUT2D eigenvalue weighted by atomic mass is 9.64. The van der Waals surface area contributed by atoms with Gasteiger partial charge in [-0.05, 0) is 12.8 Å². The maximum Gasteiger partial charge on any atom is 0.306 e. The fourth-order valence-electron chi connectivity index (χ4n) is 3.22. The minimum atomic E-state index is -0.832. The summed E-state index contributed by atoms with van der Waals surface area (Å²) in [5.74, 6) is -0.563. The SMILES string of the molecule is CO[C@@]1(CC(=O)O)C[C@H]2[C@@H]1CCN2C(C)=O. The van der Waals surface area contributed by atoms with Crippen LogP contribution in [0.4, 0.5) is 0 Å². The first-order valence-electron chi connectivity index (χ1n) is 5.54. The summed E-state index contributed by atoms with van der Waals surface area (Å²) in [7, 11) is 1.57. The minimum absolute atomic E-state index is 0.0381. The Kier molecular flexibility index (Phi) is 2.66. The fourth-order valence-corrected chi connectivity index (χ4v) is 3.22. The summed E-state index contributed by atoms with van der Waals surface area (Å²) in [6.07, 6.45) is 1.54. The molecule has 2 rings (SSSR count). The van der Waals surface area contributed by atoms with Crippen molar-refractivity contribution in [2.45, 2.75) is 37.8 Å². The van der Waals surface area contributed by atoms with E-state index in [0.717, 1.165) is 13.0 Å². The topological polar surface area (TPSA) is 66.8 Å². The largest absolute Gasteiger partial charge is 0.481 e. The number of fused-ring (bicyclic) bond motifs is 1. The van der Waals surface area contributed by atoms with E-state index in [1.54, 1.807) is 14.0 Å². The average Bonchev–Trinajstić information content (AvgIpc) is 2.52. The molecule has 1 amide bonds. The van der Waals surface area contributed by atoms with E-state index in [-0.39, 0.29) is 24.3 Å². The molecule has 0 spiro atoms. The molecule has 3 atom stereocenters. The lowest BCUT2D eigenvalue weighted by Crippen LogP contribution is -2.61. The minimum Gasteiger partial charge on any atom is -0.481 e. The summed E-state index contributed by atoms with van der Waals surface area (Å²) in [6.45, 7) is 2.29. The highest BCUT2D eigenvalue weighted by Gasteiger charge is 2.60. The number of methoxy groups -OCH3 is 1. The smallest absolute Gasteiger partial charge is 0.306 e. The molecule has 0 bridgehead atoms. The number of rotatable bonds is 3. The van der Waals surface area contributed by atoms with E-state index in [1.807, 2.05) is 4.90 Å². The fraction of sp³-hybridized carbons (Fsp3) is 0.818. The summed E-state index contributed by atoms with van der Waals surface area (Å²) in [5, 5.41) is 8.88. The Morgan fingerprint density at radius 2 is 2.25 bits per heavy atom. The zero-order chi connectivity index (χ0) is 11.9. The van der Waals surface area contributed by atoms with Crippen molar-refractivity contribution in [1.29, 1.82) is 0 Å². The molecule has 0 unspecified atom stereocenters. The van der Waals surface area contributed by atoms with Gasteiger partial charge in [0.2, 0.25) is 5.91 Å². The number of carboxylic acid groups (broad SMARTS) is 1. The molecular formula is C11H17NO4. The highest BCUT2D eigenvalue weighted by Crippen LogP contribution is 2.51. The molecule has 1 saturated heterocycles. The van der Waals surface area contributed by atoms with Gasteiger partial charge in [-0.2, -0.15) is 0 Å². The van der Waals surface area contributed by atoms with Crippen LogP contribution in [0.25, 0.3) is 0 Å². The molecule has 0 aromatic rings. The molecule has 2 fully saturated rings. The van der Waals surface area contributed by atoms with Crippen molar-refractivity contribution >= 4 is 11.9 Å². The van der Waals surface area contributed by atoms with Gasteiger partial charge in [-0.15, -0.1) is 0 Å². The summed E-state index contributed by atoms with van der Waals surface area (Å²) >= 11 is 0. The third kappa shape index (κ3) is 1.50. The summed E-state index contributed by atoms with van der Waals surface area (Å²) in [4.78, 5) is 24.0. The van der Waals surface area contributed by atoms with E-state index in [0.29, 0.717) is 6.42 Å². The van der Waals surface area contributed by atoms with Crippen molar-refractivity contribution in [2.24, 2.45) is 5.92 Å². The van der Waals surface area contributed by atoms with Crippen LogP contribution in [-0.2, 0) is 14.3 Å². The number of carbonyl (C=O) groups excluding carboxylic acids is 1. The van der Waals surface area contributed by atoms with Crippen LogP contribution < -0.4 is 0 Å². The van der Waals surface area contributed by atoms with E-state index in [4.69, 9.17) is 9.84 Å². The van der Waals surface area contributed by atoms with E-state index >= 15 is 0 Å². The Morgan fingerprint density at radius 1 is 1.56 bits per heavy atom. The molecule has 1 N–H and O–H groups in total. The number of hydrogen-bond donors (Lipinski definition) is 1. The van der Waals surface area contributed by atoms with Gasteiger partial charge in [0.05, 0.1) is 12.0 Å². The maximum absolute atomic E-state index is 11.3. The summed E-state index contributed by atoms with van der Waals surface area (Å²) < 4.78 is 5.41. The van der Waals surface area contributed by atoms with Crippen LogP contribution in [-0.4, -0.2) is 47.2 Å². The van der Waals surface area contributed by atoms with Gasteiger partial charge in [0.25, 0.3) is 0 Å². The van der Waals surface area contributed by atoms with Gasteiger partial charge in [0, 0.05) is 32.5 Å². The summed E-state index contributed by atoms with van der Waals surface area (Å²) in [6, 6.07) is 0.191. The Morgan fingerprint density at radius 3 is 2.75 bits per heavy atom. The number of nitrogens with zero attached hydrogens (tertiary/aromatic N) is 1. The first kappa shape index (κ1) is 11.4. The third-order valence-corrected chi connectivity index (χ3v) is 4.04. The average molecular weight is 227 g/mol. The molecule has 1 aliphatic heterocycles. The van der Waals surface area contributed by atoms with Crippen molar-refractivity contribution in [3.63, 3.8) is 0 Å². The molecule has 0 aromatic heterocycles. The predicted octanol–water partition coefficient (Wildman–Crippen LogP) is 0.487. The van der Waals surface area contributed by atoms with Gasteiger partial charge < -0.3 is 14.7 Å².